The molecule has 0 spiro atoms. The Morgan fingerprint density at radius 3 is 2.08 bits per heavy atom. The maximum atomic E-state index is 5.37. The largest absolute Gasteiger partial charge is 0.323 e. The number of imidazole rings is 1. The first kappa shape index (κ1) is 25.1. The lowest BCUT2D eigenvalue weighted by Gasteiger charge is -2.14. The van der Waals surface area contributed by atoms with Crippen molar-refractivity contribution in [3.8, 4) is 22.5 Å². The maximum Gasteiger partial charge on any atom is 0.141 e. The summed E-state index contributed by atoms with van der Waals surface area (Å²) in [5, 5.41) is 5.04. The molecule has 6 rings (SSSR count). The van der Waals surface area contributed by atoms with Crippen LogP contribution in [0.25, 0.3) is 61.2 Å². The van der Waals surface area contributed by atoms with Gasteiger partial charge in [-0.05, 0) is 39.9 Å². The maximum absolute atomic E-state index is 5.37. The first-order valence-electron chi connectivity index (χ1n) is 14.4. The highest BCUT2D eigenvalue weighted by Gasteiger charge is 2.19. The molecule has 0 saturated heterocycles. The van der Waals surface area contributed by atoms with Crippen LogP contribution in [0, 0.1) is 0 Å². The van der Waals surface area contributed by atoms with Gasteiger partial charge in [-0.1, -0.05) is 143 Å². The van der Waals surface area contributed by atoms with Crippen LogP contribution in [0.5, 0.6) is 0 Å². The molecule has 1 aromatic heterocycles. The monoisotopic (exact) mass is 508 g/mol. The van der Waals surface area contributed by atoms with E-state index in [0.717, 1.165) is 29.9 Å². The number of fused-ring (bicyclic) bond motifs is 6. The Hall–Kier alpha value is -4.17. The summed E-state index contributed by atoms with van der Waals surface area (Å²) in [4.78, 5) is 5.37. The van der Waals surface area contributed by atoms with Crippen molar-refractivity contribution in [1.29, 1.82) is 0 Å². The fourth-order valence-electron chi connectivity index (χ4n) is 5.88. The zero-order chi connectivity index (χ0) is 26.6. The molecule has 0 bridgehead atoms. The van der Waals surface area contributed by atoms with Crippen LogP contribution >= 0.6 is 0 Å². The standard InChI is InChI=1S/C37H36N2/c1-3-5-6-7-8-14-25-39-36-34-26-30(28-21-19-27(4-2)20-22-28)23-24-32(34)31-17-12-13-18-33(31)35(36)38-37(39)29-15-10-9-11-16-29/h4,9-13,15-24,26H,2-3,5-8,14,25H2,1H3. The second kappa shape index (κ2) is 11.3. The summed E-state index contributed by atoms with van der Waals surface area (Å²) in [6.07, 6.45) is 9.54. The molecule has 0 aliphatic rings. The highest BCUT2D eigenvalue weighted by molar-refractivity contribution is 6.24. The van der Waals surface area contributed by atoms with E-state index < -0.39 is 0 Å². The lowest BCUT2D eigenvalue weighted by molar-refractivity contribution is 0.566. The van der Waals surface area contributed by atoms with E-state index in [9.17, 15) is 0 Å². The van der Waals surface area contributed by atoms with E-state index in [1.165, 1.54) is 75.9 Å². The number of unbranched alkanes of at least 4 members (excludes halogenated alkanes) is 5. The van der Waals surface area contributed by atoms with Gasteiger partial charge in [-0.3, -0.25) is 0 Å². The van der Waals surface area contributed by atoms with Crippen molar-refractivity contribution in [1.82, 2.24) is 9.55 Å². The molecule has 0 unspecified atom stereocenters. The van der Waals surface area contributed by atoms with Gasteiger partial charge in [-0.25, -0.2) is 4.98 Å². The molecule has 1 heterocycles. The zero-order valence-electron chi connectivity index (χ0n) is 22.9. The van der Waals surface area contributed by atoms with Crippen LogP contribution in [0.15, 0.2) is 104 Å². The van der Waals surface area contributed by atoms with Crippen LogP contribution in [-0.2, 0) is 6.54 Å². The second-order valence-electron chi connectivity index (χ2n) is 10.6. The van der Waals surface area contributed by atoms with E-state index in [2.05, 4.69) is 115 Å². The van der Waals surface area contributed by atoms with Gasteiger partial charge in [0.25, 0.3) is 0 Å². The van der Waals surface area contributed by atoms with Crippen molar-refractivity contribution < 1.29 is 0 Å². The summed E-state index contributed by atoms with van der Waals surface area (Å²) in [7, 11) is 0. The summed E-state index contributed by atoms with van der Waals surface area (Å²) in [5.74, 6) is 1.07. The molecule has 0 atom stereocenters. The van der Waals surface area contributed by atoms with Crippen molar-refractivity contribution in [2.24, 2.45) is 0 Å². The fourth-order valence-corrected chi connectivity index (χ4v) is 5.88. The molecule has 194 valence electrons. The molecule has 0 N–H and O–H groups in total. The van der Waals surface area contributed by atoms with E-state index in [-0.39, 0.29) is 0 Å². The third-order valence-electron chi connectivity index (χ3n) is 7.96. The van der Waals surface area contributed by atoms with Crippen molar-refractivity contribution in [3.63, 3.8) is 0 Å². The third-order valence-corrected chi connectivity index (χ3v) is 7.96. The molecule has 6 aromatic rings. The highest BCUT2D eigenvalue weighted by atomic mass is 15.1. The summed E-state index contributed by atoms with van der Waals surface area (Å²) in [6, 6.07) is 35.0. The van der Waals surface area contributed by atoms with E-state index in [0.29, 0.717) is 0 Å². The Bertz CT molecular complexity index is 1740. The summed E-state index contributed by atoms with van der Waals surface area (Å²) in [5.41, 5.74) is 7.10. The normalized spacial score (nSPS) is 11.5. The van der Waals surface area contributed by atoms with E-state index in [1.54, 1.807) is 0 Å². The molecule has 0 saturated carbocycles. The minimum atomic E-state index is 0.971. The van der Waals surface area contributed by atoms with Gasteiger partial charge >= 0.3 is 0 Å². The van der Waals surface area contributed by atoms with Crippen molar-refractivity contribution in [3.05, 3.63) is 109 Å². The van der Waals surface area contributed by atoms with Gasteiger partial charge in [0, 0.05) is 22.9 Å². The lowest BCUT2D eigenvalue weighted by Crippen LogP contribution is -2.01. The Morgan fingerprint density at radius 1 is 0.641 bits per heavy atom. The molecule has 0 amide bonds. The van der Waals surface area contributed by atoms with Crippen molar-refractivity contribution >= 4 is 38.7 Å². The van der Waals surface area contributed by atoms with Crippen molar-refractivity contribution in [2.75, 3.05) is 0 Å². The second-order valence-corrected chi connectivity index (χ2v) is 10.6. The van der Waals surface area contributed by atoms with Crippen LogP contribution in [-0.4, -0.2) is 9.55 Å². The summed E-state index contributed by atoms with van der Waals surface area (Å²) in [6.45, 7) is 7.16. The highest BCUT2D eigenvalue weighted by Crippen LogP contribution is 2.39. The molecular weight excluding hydrogens is 472 g/mol. The van der Waals surface area contributed by atoms with Crippen molar-refractivity contribution in [2.45, 2.75) is 52.0 Å². The molecule has 0 aliphatic heterocycles. The van der Waals surface area contributed by atoms with Gasteiger partial charge in [-0.2, -0.15) is 0 Å². The lowest BCUT2D eigenvalue weighted by atomic mass is 9.95. The van der Waals surface area contributed by atoms with Crippen LogP contribution in [0.3, 0.4) is 0 Å². The van der Waals surface area contributed by atoms with Gasteiger partial charge < -0.3 is 4.57 Å². The molecule has 0 fully saturated rings. The first-order chi connectivity index (χ1) is 19.3. The summed E-state index contributed by atoms with van der Waals surface area (Å²) >= 11 is 0. The predicted molar refractivity (Wildman–Crippen MR) is 169 cm³/mol. The Kier molecular flexibility index (Phi) is 7.27. The topological polar surface area (TPSA) is 17.8 Å². The summed E-state index contributed by atoms with van der Waals surface area (Å²) < 4.78 is 2.50. The Labute approximate surface area is 231 Å². The molecule has 0 aliphatic carbocycles. The number of nitrogens with zero attached hydrogens (tertiary/aromatic N) is 2. The SMILES string of the molecule is C=Cc1ccc(-c2ccc3c4ccccc4c4nc(-c5ccccc5)n(CCCCCCCC)c4c3c2)cc1. The molecule has 2 heteroatoms. The van der Waals surface area contributed by atoms with Gasteiger partial charge in [-0.15, -0.1) is 0 Å². The van der Waals surface area contributed by atoms with Gasteiger partial charge in [0.1, 0.15) is 5.82 Å². The number of hydrogen-bond acceptors (Lipinski definition) is 1. The average molecular weight is 509 g/mol. The third kappa shape index (κ3) is 4.88. The van der Waals surface area contributed by atoms with Crippen LogP contribution in [0.2, 0.25) is 0 Å². The Morgan fingerprint density at radius 2 is 1.31 bits per heavy atom. The number of hydrogen-bond donors (Lipinski definition) is 0. The van der Waals surface area contributed by atoms with Crippen LogP contribution in [0.1, 0.15) is 51.0 Å². The minimum Gasteiger partial charge on any atom is -0.323 e. The quantitative estimate of drug-likeness (QED) is 0.133. The molecule has 5 aromatic carbocycles. The minimum absolute atomic E-state index is 0.971. The van der Waals surface area contributed by atoms with Crippen LogP contribution in [0.4, 0.5) is 0 Å². The number of rotatable bonds is 10. The van der Waals surface area contributed by atoms with Crippen LogP contribution < -0.4 is 0 Å². The molecule has 2 nitrogen and oxygen atoms in total. The van der Waals surface area contributed by atoms with Gasteiger partial charge in [0.05, 0.1) is 11.0 Å². The average Bonchev–Trinajstić information content (AvgIpc) is 3.39. The molecule has 39 heavy (non-hydrogen) atoms. The van der Waals surface area contributed by atoms with E-state index in [4.69, 9.17) is 4.98 Å². The smallest absolute Gasteiger partial charge is 0.141 e. The number of benzene rings is 5. The van der Waals surface area contributed by atoms with E-state index >= 15 is 0 Å². The van der Waals surface area contributed by atoms with Gasteiger partial charge in [0.15, 0.2) is 0 Å². The van der Waals surface area contributed by atoms with Gasteiger partial charge in [0.2, 0.25) is 0 Å². The first-order valence-corrected chi connectivity index (χ1v) is 14.4. The molecular formula is C37H36N2. The number of aromatic nitrogens is 2. The fraction of sp³-hybridized carbons (Fsp3) is 0.216. The zero-order valence-corrected chi connectivity index (χ0v) is 22.9. The Balaban J connectivity index is 1.58. The van der Waals surface area contributed by atoms with E-state index in [1.807, 2.05) is 6.08 Å². The number of aryl methyl sites for hydroxylation is 1. The predicted octanol–water partition coefficient (Wildman–Crippen LogP) is 10.7. The molecule has 0 radical (unpaired) electrons.